The second kappa shape index (κ2) is 4.46. The van der Waals surface area contributed by atoms with Crippen molar-refractivity contribution in [1.29, 1.82) is 0 Å². The van der Waals surface area contributed by atoms with Crippen molar-refractivity contribution in [3.05, 3.63) is 21.4 Å². The number of carbonyl (C=O) groups excluding carboxylic acids is 1. The van der Waals surface area contributed by atoms with Gasteiger partial charge in [-0.15, -0.1) is 11.3 Å². The molecule has 98 valence electrons. The normalized spacial score (nSPS) is 29.8. The zero-order valence-corrected chi connectivity index (χ0v) is 12.2. The van der Waals surface area contributed by atoms with Crippen LogP contribution < -0.4 is 0 Å². The molecule has 3 unspecified atom stereocenters. The number of piperidine rings is 1. The molecule has 0 saturated carbocycles. The smallest absolute Gasteiger partial charge is 0.136 e. The predicted molar refractivity (Wildman–Crippen MR) is 75.1 cm³/mol. The molecule has 18 heavy (non-hydrogen) atoms. The largest absolute Gasteiger partial charge is 0.300 e. The van der Waals surface area contributed by atoms with E-state index in [1.165, 1.54) is 28.2 Å². The fourth-order valence-electron chi connectivity index (χ4n) is 3.86. The molecule has 0 N–H and O–H groups in total. The summed E-state index contributed by atoms with van der Waals surface area (Å²) in [6.07, 6.45) is 3.98. The maximum atomic E-state index is 11.7. The standard InChI is InChI=1S/C15H21NOS/c1-9-6-15(11(3)18-9)10(2)16-12-4-5-13(16)8-14(17)7-12/h6,10,12-13H,4-5,7-8H2,1-3H3. The first kappa shape index (κ1) is 12.4. The molecule has 3 atom stereocenters. The van der Waals surface area contributed by atoms with E-state index in [0.29, 0.717) is 23.9 Å². The number of thiophene rings is 1. The van der Waals surface area contributed by atoms with Crippen molar-refractivity contribution in [2.45, 2.75) is 64.6 Å². The van der Waals surface area contributed by atoms with Crippen molar-refractivity contribution < 1.29 is 4.79 Å². The third-order valence-electron chi connectivity index (χ3n) is 4.58. The molecule has 2 fully saturated rings. The van der Waals surface area contributed by atoms with Gasteiger partial charge in [0.2, 0.25) is 0 Å². The fraction of sp³-hybridized carbons (Fsp3) is 0.667. The molecular formula is C15H21NOS. The number of hydrogen-bond donors (Lipinski definition) is 0. The molecule has 2 nitrogen and oxygen atoms in total. The van der Waals surface area contributed by atoms with Crippen LogP contribution in [-0.4, -0.2) is 22.8 Å². The number of carbonyl (C=O) groups is 1. The average molecular weight is 263 g/mol. The van der Waals surface area contributed by atoms with Crippen LogP contribution in [0.4, 0.5) is 0 Å². The van der Waals surface area contributed by atoms with Crippen LogP contribution >= 0.6 is 11.3 Å². The van der Waals surface area contributed by atoms with Gasteiger partial charge in [0.15, 0.2) is 0 Å². The van der Waals surface area contributed by atoms with Gasteiger partial charge < -0.3 is 0 Å². The minimum atomic E-state index is 0.473. The van der Waals surface area contributed by atoms with Crippen molar-refractivity contribution in [3.8, 4) is 0 Å². The Morgan fingerprint density at radius 3 is 2.39 bits per heavy atom. The van der Waals surface area contributed by atoms with E-state index in [4.69, 9.17) is 0 Å². The van der Waals surface area contributed by atoms with Crippen LogP contribution in [0.5, 0.6) is 0 Å². The van der Waals surface area contributed by atoms with Gasteiger partial charge in [0.1, 0.15) is 5.78 Å². The first-order valence-electron chi connectivity index (χ1n) is 6.92. The second-order valence-corrected chi connectivity index (χ2v) is 7.28. The van der Waals surface area contributed by atoms with E-state index in [0.717, 1.165) is 12.8 Å². The summed E-state index contributed by atoms with van der Waals surface area (Å²) in [7, 11) is 0. The van der Waals surface area contributed by atoms with Gasteiger partial charge in [0.05, 0.1) is 0 Å². The SMILES string of the molecule is Cc1cc(C(C)N2C3CCC2CC(=O)C3)c(C)s1. The maximum absolute atomic E-state index is 11.7. The molecule has 2 bridgehead atoms. The Morgan fingerprint density at radius 1 is 1.28 bits per heavy atom. The van der Waals surface area contributed by atoms with Crippen LogP contribution in [-0.2, 0) is 4.79 Å². The first-order valence-corrected chi connectivity index (χ1v) is 7.74. The molecule has 3 heterocycles. The molecule has 1 aromatic heterocycles. The van der Waals surface area contributed by atoms with E-state index in [1.54, 1.807) is 0 Å². The fourth-order valence-corrected chi connectivity index (χ4v) is 4.88. The van der Waals surface area contributed by atoms with Crippen LogP contribution in [0.1, 0.15) is 54.0 Å². The zero-order valence-electron chi connectivity index (χ0n) is 11.4. The Morgan fingerprint density at radius 2 is 1.89 bits per heavy atom. The van der Waals surface area contributed by atoms with Gasteiger partial charge in [-0.1, -0.05) is 0 Å². The lowest BCUT2D eigenvalue weighted by atomic mass is 9.96. The number of ketones is 1. The summed E-state index contributed by atoms with van der Waals surface area (Å²) in [4.78, 5) is 17.1. The van der Waals surface area contributed by atoms with Gasteiger partial charge in [0.25, 0.3) is 0 Å². The molecular weight excluding hydrogens is 242 g/mol. The highest BCUT2D eigenvalue weighted by Crippen LogP contribution is 2.41. The summed E-state index contributed by atoms with van der Waals surface area (Å²) in [6.45, 7) is 6.72. The molecule has 2 saturated heterocycles. The lowest BCUT2D eigenvalue weighted by Crippen LogP contribution is -2.44. The van der Waals surface area contributed by atoms with E-state index in [9.17, 15) is 4.79 Å². The van der Waals surface area contributed by atoms with Gasteiger partial charge in [-0.2, -0.15) is 0 Å². The molecule has 0 spiro atoms. The minimum absolute atomic E-state index is 0.473. The Hall–Kier alpha value is -0.670. The Kier molecular flexibility index (Phi) is 3.07. The third kappa shape index (κ3) is 1.94. The summed E-state index contributed by atoms with van der Waals surface area (Å²) in [5, 5.41) is 0. The topological polar surface area (TPSA) is 20.3 Å². The van der Waals surface area contributed by atoms with Gasteiger partial charge in [-0.05, 0) is 45.2 Å². The molecule has 3 heteroatoms. The van der Waals surface area contributed by atoms with Gasteiger partial charge in [-0.3, -0.25) is 9.69 Å². The van der Waals surface area contributed by atoms with Crippen molar-refractivity contribution in [3.63, 3.8) is 0 Å². The minimum Gasteiger partial charge on any atom is -0.300 e. The monoisotopic (exact) mass is 263 g/mol. The molecule has 0 amide bonds. The molecule has 0 radical (unpaired) electrons. The highest BCUT2D eigenvalue weighted by atomic mass is 32.1. The number of fused-ring (bicyclic) bond motifs is 2. The lowest BCUT2D eigenvalue weighted by Gasteiger charge is -2.38. The predicted octanol–water partition coefficient (Wildman–Crippen LogP) is 3.62. The van der Waals surface area contributed by atoms with Crippen LogP contribution in [0.15, 0.2) is 6.07 Å². The van der Waals surface area contributed by atoms with Gasteiger partial charge in [-0.25, -0.2) is 0 Å². The van der Waals surface area contributed by atoms with Crippen molar-refractivity contribution >= 4 is 17.1 Å². The molecule has 2 aliphatic heterocycles. The van der Waals surface area contributed by atoms with Gasteiger partial charge in [0, 0.05) is 40.7 Å². The molecule has 1 aromatic rings. The quantitative estimate of drug-likeness (QED) is 0.812. The Labute approximate surface area is 113 Å². The van der Waals surface area contributed by atoms with Crippen LogP contribution in [0.2, 0.25) is 0 Å². The Balaban J connectivity index is 1.87. The second-order valence-electron chi connectivity index (χ2n) is 5.82. The summed E-state index contributed by atoms with van der Waals surface area (Å²) in [5.74, 6) is 0.476. The number of nitrogens with zero attached hydrogens (tertiary/aromatic N) is 1. The van der Waals surface area contributed by atoms with E-state index >= 15 is 0 Å². The molecule has 0 aliphatic carbocycles. The number of hydrogen-bond acceptors (Lipinski definition) is 3. The summed E-state index contributed by atoms with van der Waals surface area (Å²) in [6, 6.07) is 3.82. The van der Waals surface area contributed by atoms with Crippen molar-refractivity contribution in [2.24, 2.45) is 0 Å². The van der Waals surface area contributed by atoms with Crippen molar-refractivity contribution in [1.82, 2.24) is 4.90 Å². The molecule has 0 aromatic carbocycles. The zero-order chi connectivity index (χ0) is 12.9. The average Bonchev–Trinajstić information content (AvgIpc) is 2.76. The Bertz CT molecular complexity index is 463. The molecule has 2 aliphatic rings. The van der Waals surface area contributed by atoms with E-state index < -0.39 is 0 Å². The van der Waals surface area contributed by atoms with E-state index in [-0.39, 0.29) is 0 Å². The van der Waals surface area contributed by atoms with Crippen molar-refractivity contribution in [2.75, 3.05) is 0 Å². The molecule has 3 rings (SSSR count). The number of rotatable bonds is 2. The van der Waals surface area contributed by atoms with Crippen LogP contribution in [0.3, 0.4) is 0 Å². The summed E-state index contributed by atoms with van der Waals surface area (Å²) in [5.41, 5.74) is 1.48. The van der Waals surface area contributed by atoms with Gasteiger partial charge >= 0.3 is 0 Å². The van der Waals surface area contributed by atoms with E-state index in [1.807, 2.05) is 11.3 Å². The van der Waals surface area contributed by atoms with Crippen LogP contribution in [0.25, 0.3) is 0 Å². The maximum Gasteiger partial charge on any atom is 0.136 e. The summed E-state index contributed by atoms with van der Waals surface area (Å²) >= 11 is 1.89. The lowest BCUT2D eigenvalue weighted by molar-refractivity contribution is -0.124. The third-order valence-corrected chi connectivity index (χ3v) is 5.56. The summed E-state index contributed by atoms with van der Waals surface area (Å²) < 4.78 is 0. The number of aryl methyl sites for hydroxylation is 2. The highest BCUT2D eigenvalue weighted by molar-refractivity contribution is 7.12. The first-order chi connectivity index (χ1) is 8.56. The van der Waals surface area contributed by atoms with Crippen LogP contribution in [0, 0.1) is 13.8 Å². The van der Waals surface area contributed by atoms with E-state index in [2.05, 4.69) is 31.7 Å². The number of Topliss-reactive ketones (excluding diaryl/α,β-unsaturated/α-hetero) is 1. The highest BCUT2D eigenvalue weighted by Gasteiger charge is 2.42.